The lowest BCUT2D eigenvalue weighted by molar-refractivity contribution is -0.136. The first kappa shape index (κ1) is 13.0. The fraction of sp³-hybridized carbons (Fsp3) is 0.583. The molecule has 0 radical (unpaired) electrons. The molecule has 0 atom stereocenters. The lowest BCUT2D eigenvalue weighted by Gasteiger charge is -2.24. The third-order valence-electron chi connectivity index (χ3n) is 3.36. The largest absolute Gasteiger partial charge is 0.481 e. The van der Waals surface area contributed by atoms with Crippen molar-refractivity contribution < 1.29 is 9.90 Å². The van der Waals surface area contributed by atoms with Crippen molar-refractivity contribution in [2.75, 3.05) is 0 Å². The predicted octanol–water partition coefficient (Wildman–Crippen LogP) is 2.04. The van der Waals surface area contributed by atoms with Crippen LogP contribution in [0.15, 0.2) is 11.0 Å². The quantitative estimate of drug-likeness (QED) is 0.823. The molecule has 6 heteroatoms. The lowest BCUT2D eigenvalue weighted by Crippen LogP contribution is -2.31. The average molecular weight is 268 g/mol. The van der Waals surface area contributed by atoms with Gasteiger partial charge in [0.05, 0.1) is 6.42 Å². The first-order valence-corrected chi connectivity index (χ1v) is 6.55. The fourth-order valence-corrected chi connectivity index (χ4v) is 2.78. The highest BCUT2D eigenvalue weighted by molar-refractivity contribution is 7.71. The van der Waals surface area contributed by atoms with Gasteiger partial charge in [0, 0.05) is 17.8 Å². The zero-order chi connectivity index (χ0) is 13.1. The molecule has 1 aliphatic carbocycles. The normalized spacial score (nSPS) is 16.7. The van der Waals surface area contributed by atoms with E-state index in [1.165, 1.54) is 12.6 Å². The molecule has 0 unspecified atom stereocenters. The topological polar surface area (TPSA) is 75.1 Å². The van der Waals surface area contributed by atoms with E-state index in [2.05, 4.69) is 4.98 Å². The molecular weight excluding hydrogens is 252 g/mol. The van der Waals surface area contributed by atoms with E-state index in [9.17, 15) is 9.59 Å². The zero-order valence-electron chi connectivity index (χ0n) is 10.0. The summed E-state index contributed by atoms with van der Waals surface area (Å²) < 4.78 is 1.95. The molecule has 5 nitrogen and oxygen atoms in total. The number of aromatic amines is 1. The summed E-state index contributed by atoms with van der Waals surface area (Å²) in [5.41, 5.74) is 0.00900. The molecule has 1 aliphatic rings. The first-order valence-electron chi connectivity index (χ1n) is 6.14. The molecule has 1 aromatic heterocycles. The minimum Gasteiger partial charge on any atom is -0.481 e. The Hall–Kier alpha value is -1.43. The summed E-state index contributed by atoms with van der Waals surface area (Å²) in [5.74, 6) is -1.01. The van der Waals surface area contributed by atoms with E-state index in [1.54, 1.807) is 4.57 Å². The summed E-state index contributed by atoms with van der Waals surface area (Å²) in [4.78, 5) is 25.8. The monoisotopic (exact) mass is 268 g/mol. The maximum atomic E-state index is 12.2. The molecule has 1 saturated carbocycles. The smallest absolute Gasteiger partial charge is 0.308 e. The summed E-state index contributed by atoms with van der Waals surface area (Å²) >= 11 is 5.15. The number of H-pyrrole nitrogens is 1. The van der Waals surface area contributed by atoms with Crippen LogP contribution >= 0.6 is 12.2 Å². The highest BCUT2D eigenvalue weighted by atomic mass is 32.1. The standard InChI is InChI=1S/C12H16N2O3S/c15-10(16)6-8-7-13-12(18)14(11(8)17)9-4-2-1-3-5-9/h7,9H,1-6H2,(H,13,18)(H,15,16). The molecule has 0 aliphatic heterocycles. The van der Waals surface area contributed by atoms with Crippen molar-refractivity contribution in [2.45, 2.75) is 44.6 Å². The van der Waals surface area contributed by atoms with Crippen LogP contribution in [0.2, 0.25) is 0 Å². The van der Waals surface area contributed by atoms with Crippen LogP contribution in [0.5, 0.6) is 0 Å². The molecule has 1 heterocycles. The molecule has 0 saturated heterocycles. The van der Waals surface area contributed by atoms with E-state index < -0.39 is 5.97 Å². The molecule has 0 spiro atoms. The Bertz CT molecular complexity index is 555. The Morgan fingerprint density at radius 3 is 2.72 bits per heavy atom. The van der Waals surface area contributed by atoms with E-state index >= 15 is 0 Å². The molecule has 2 N–H and O–H groups in total. The molecule has 18 heavy (non-hydrogen) atoms. The van der Waals surface area contributed by atoms with Gasteiger partial charge in [0.2, 0.25) is 0 Å². The molecule has 1 fully saturated rings. The van der Waals surface area contributed by atoms with Gasteiger partial charge in [-0.3, -0.25) is 14.2 Å². The van der Waals surface area contributed by atoms with Crippen LogP contribution in [0.4, 0.5) is 0 Å². The van der Waals surface area contributed by atoms with Crippen LogP contribution in [0.3, 0.4) is 0 Å². The van der Waals surface area contributed by atoms with E-state index in [1.807, 2.05) is 0 Å². The van der Waals surface area contributed by atoms with Gasteiger partial charge in [-0.15, -0.1) is 0 Å². The molecule has 1 aromatic rings. The maximum Gasteiger partial charge on any atom is 0.308 e. The summed E-state index contributed by atoms with van der Waals surface area (Å²) in [6.45, 7) is 0. The number of aliphatic carboxylic acids is 1. The van der Waals surface area contributed by atoms with Gasteiger partial charge >= 0.3 is 5.97 Å². The maximum absolute atomic E-state index is 12.2. The molecule has 0 aromatic carbocycles. The number of carboxylic acids is 1. The summed E-state index contributed by atoms with van der Waals surface area (Å²) in [7, 11) is 0. The van der Waals surface area contributed by atoms with Crippen LogP contribution in [-0.4, -0.2) is 20.6 Å². The first-order chi connectivity index (χ1) is 8.59. The van der Waals surface area contributed by atoms with Crippen molar-refractivity contribution >= 4 is 18.2 Å². The predicted molar refractivity (Wildman–Crippen MR) is 69.3 cm³/mol. The summed E-state index contributed by atoms with van der Waals surface area (Å²) in [6.07, 6.45) is 6.40. The van der Waals surface area contributed by atoms with Gasteiger partial charge in [0.15, 0.2) is 4.77 Å². The number of hydrogen-bond acceptors (Lipinski definition) is 3. The van der Waals surface area contributed by atoms with E-state index in [4.69, 9.17) is 17.3 Å². The number of nitrogens with one attached hydrogen (secondary N) is 1. The van der Waals surface area contributed by atoms with E-state index in [0.29, 0.717) is 4.77 Å². The Morgan fingerprint density at radius 2 is 2.11 bits per heavy atom. The van der Waals surface area contributed by atoms with Gasteiger partial charge in [-0.05, 0) is 25.1 Å². The minimum atomic E-state index is -1.01. The van der Waals surface area contributed by atoms with Crippen molar-refractivity contribution in [3.05, 3.63) is 26.9 Å². The average Bonchev–Trinajstić information content (AvgIpc) is 2.34. The number of nitrogens with zero attached hydrogens (tertiary/aromatic N) is 1. The molecule has 98 valence electrons. The number of rotatable bonds is 3. The van der Waals surface area contributed by atoms with Crippen molar-refractivity contribution in [1.29, 1.82) is 0 Å². The van der Waals surface area contributed by atoms with Crippen LogP contribution in [-0.2, 0) is 11.2 Å². The summed E-state index contributed by atoms with van der Waals surface area (Å²) in [6, 6.07) is 0.115. The van der Waals surface area contributed by atoms with Gasteiger partial charge < -0.3 is 10.1 Å². The highest BCUT2D eigenvalue weighted by Gasteiger charge is 2.19. The van der Waals surface area contributed by atoms with Crippen LogP contribution in [0.1, 0.15) is 43.7 Å². The van der Waals surface area contributed by atoms with Crippen molar-refractivity contribution in [2.24, 2.45) is 0 Å². The number of aromatic nitrogens is 2. The third kappa shape index (κ3) is 2.69. The van der Waals surface area contributed by atoms with Crippen molar-refractivity contribution in [3.63, 3.8) is 0 Å². The van der Waals surface area contributed by atoms with E-state index in [-0.39, 0.29) is 23.6 Å². The second-order valence-electron chi connectivity index (χ2n) is 4.66. The van der Waals surface area contributed by atoms with Gasteiger partial charge in [0.1, 0.15) is 0 Å². The molecule has 0 amide bonds. The Labute approximate surface area is 109 Å². The Morgan fingerprint density at radius 1 is 1.44 bits per heavy atom. The molecular formula is C12H16N2O3S. The fourth-order valence-electron chi connectivity index (χ4n) is 2.49. The second kappa shape index (κ2) is 5.48. The SMILES string of the molecule is O=C(O)Cc1c[nH]c(=S)n(C2CCCCC2)c1=O. The minimum absolute atomic E-state index is 0.115. The Kier molecular flexibility index (Phi) is 3.96. The third-order valence-corrected chi connectivity index (χ3v) is 3.68. The highest BCUT2D eigenvalue weighted by Crippen LogP contribution is 2.26. The van der Waals surface area contributed by atoms with Gasteiger partial charge in [0.25, 0.3) is 5.56 Å². The number of carboxylic acid groups (broad SMARTS) is 1. The van der Waals surface area contributed by atoms with Gasteiger partial charge in [-0.25, -0.2) is 0 Å². The number of hydrogen-bond donors (Lipinski definition) is 2. The Balaban J connectivity index is 2.42. The van der Waals surface area contributed by atoms with Gasteiger partial charge in [-0.1, -0.05) is 19.3 Å². The van der Waals surface area contributed by atoms with Crippen LogP contribution in [0, 0.1) is 4.77 Å². The second-order valence-corrected chi connectivity index (χ2v) is 5.04. The molecule has 2 rings (SSSR count). The lowest BCUT2D eigenvalue weighted by atomic mass is 9.95. The van der Waals surface area contributed by atoms with Crippen molar-refractivity contribution in [3.8, 4) is 0 Å². The van der Waals surface area contributed by atoms with E-state index in [0.717, 1.165) is 25.7 Å². The zero-order valence-corrected chi connectivity index (χ0v) is 10.8. The summed E-state index contributed by atoms with van der Waals surface area (Å²) in [5, 5.41) is 8.77. The van der Waals surface area contributed by atoms with Crippen molar-refractivity contribution in [1.82, 2.24) is 9.55 Å². The van der Waals surface area contributed by atoms with Crippen LogP contribution in [0.25, 0.3) is 0 Å². The number of carbonyl (C=O) groups is 1. The molecule has 0 bridgehead atoms. The van der Waals surface area contributed by atoms with Gasteiger partial charge in [-0.2, -0.15) is 0 Å². The van der Waals surface area contributed by atoms with Crippen LogP contribution < -0.4 is 5.56 Å².